The van der Waals surface area contributed by atoms with Crippen LogP contribution in [0.5, 0.6) is 0 Å². The van der Waals surface area contributed by atoms with Crippen molar-refractivity contribution in [1.29, 1.82) is 0 Å². The molecule has 7 nitrogen and oxygen atoms in total. The highest BCUT2D eigenvalue weighted by Gasteiger charge is 2.21. The highest BCUT2D eigenvalue weighted by atomic mass is 35.5. The summed E-state index contributed by atoms with van der Waals surface area (Å²) < 4.78 is 0. The second kappa shape index (κ2) is 10.0. The van der Waals surface area contributed by atoms with E-state index in [2.05, 4.69) is 9.97 Å². The summed E-state index contributed by atoms with van der Waals surface area (Å²) in [5, 5.41) is 11.2. The molecule has 0 bridgehead atoms. The number of Topliss-reactive ketones (excluding diaryl/α,β-unsaturated/α-hetero) is 1. The van der Waals surface area contributed by atoms with Gasteiger partial charge < -0.3 is 4.90 Å². The Labute approximate surface area is 181 Å². The number of carbonyl (C=O) groups excluding carboxylic acids is 1. The third-order valence-electron chi connectivity index (χ3n) is 4.49. The van der Waals surface area contributed by atoms with E-state index in [0.29, 0.717) is 41.3 Å². The third kappa shape index (κ3) is 5.25. The van der Waals surface area contributed by atoms with Gasteiger partial charge in [-0.2, -0.15) is 0 Å². The van der Waals surface area contributed by atoms with Gasteiger partial charge in [-0.1, -0.05) is 42.5 Å². The number of benzene rings is 2. The molecule has 0 aliphatic heterocycles. The zero-order chi connectivity index (χ0) is 21.0. The molecule has 0 atom stereocenters. The van der Waals surface area contributed by atoms with Crippen LogP contribution in [0.15, 0.2) is 54.6 Å². The van der Waals surface area contributed by atoms with Crippen LogP contribution in [0, 0.1) is 10.1 Å². The fourth-order valence-electron chi connectivity index (χ4n) is 3.08. The number of aromatic nitrogens is 2. The standard InChI is InChI=1S/C22H22N4O3.ClH/c1-15(27)20-19(12-13-25(2)3)23-22(16-8-5-4-6-9-16)24-21(20)17-10-7-11-18(14-17)26(28)29;/h4-11,14H,12-13H2,1-3H3;1H. The quantitative estimate of drug-likeness (QED) is 0.315. The maximum atomic E-state index is 12.5. The summed E-state index contributed by atoms with van der Waals surface area (Å²) >= 11 is 0. The Kier molecular flexibility index (Phi) is 7.74. The Morgan fingerprint density at radius 3 is 2.30 bits per heavy atom. The van der Waals surface area contributed by atoms with E-state index in [1.54, 1.807) is 12.1 Å². The summed E-state index contributed by atoms with van der Waals surface area (Å²) in [5.74, 6) is 0.325. The van der Waals surface area contributed by atoms with Crippen LogP contribution in [0.3, 0.4) is 0 Å². The summed E-state index contributed by atoms with van der Waals surface area (Å²) in [6.07, 6.45) is 0.562. The van der Waals surface area contributed by atoms with Crippen molar-refractivity contribution in [2.75, 3.05) is 20.6 Å². The maximum absolute atomic E-state index is 12.5. The molecule has 1 heterocycles. The fourth-order valence-corrected chi connectivity index (χ4v) is 3.08. The van der Waals surface area contributed by atoms with E-state index >= 15 is 0 Å². The molecule has 0 saturated carbocycles. The minimum Gasteiger partial charge on any atom is -0.309 e. The second-order valence-corrected chi connectivity index (χ2v) is 7.00. The second-order valence-electron chi connectivity index (χ2n) is 7.00. The van der Waals surface area contributed by atoms with Crippen molar-refractivity contribution in [3.63, 3.8) is 0 Å². The number of hydrogen-bond donors (Lipinski definition) is 0. The van der Waals surface area contributed by atoms with Crippen LogP contribution in [0.2, 0.25) is 0 Å². The largest absolute Gasteiger partial charge is 0.309 e. The Morgan fingerprint density at radius 1 is 1.03 bits per heavy atom. The van der Waals surface area contributed by atoms with Gasteiger partial charge in [-0.05, 0) is 21.0 Å². The number of rotatable bonds is 7. The predicted octanol–water partition coefficient (Wildman–Crippen LogP) is 4.45. The number of nitro groups is 1. The number of non-ortho nitro benzene ring substituents is 1. The number of likely N-dealkylation sites (N-methyl/N-ethyl adjacent to an activating group) is 1. The van der Waals surface area contributed by atoms with Gasteiger partial charge in [-0.3, -0.25) is 14.9 Å². The lowest BCUT2D eigenvalue weighted by Gasteiger charge is -2.16. The molecule has 1 aromatic heterocycles. The predicted molar refractivity (Wildman–Crippen MR) is 119 cm³/mol. The summed E-state index contributed by atoms with van der Waals surface area (Å²) in [6, 6.07) is 15.7. The molecular formula is C22H23ClN4O3. The first kappa shape index (κ1) is 23.1. The van der Waals surface area contributed by atoms with Gasteiger partial charge in [0.25, 0.3) is 5.69 Å². The van der Waals surface area contributed by atoms with E-state index in [1.807, 2.05) is 49.3 Å². The molecule has 0 saturated heterocycles. The van der Waals surface area contributed by atoms with Crippen molar-refractivity contribution < 1.29 is 9.72 Å². The van der Waals surface area contributed by atoms with Gasteiger partial charge in [-0.15, -0.1) is 12.4 Å². The lowest BCUT2D eigenvalue weighted by Crippen LogP contribution is -2.18. The van der Waals surface area contributed by atoms with E-state index in [4.69, 9.17) is 0 Å². The molecule has 0 unspecified atom stereocenters. The zero-order valence-corrected chi connectivity index (χ0v) is 17.8. The van der Waals surface area contributed by atoms with Crippen molar-refractivity contribution in [3.05, 3.63) is 76.0 Å². The van der Waals surface area contributed by atoms with Crippen LogP contribution in [-0.2, 0) is 6.42 Å². The number of halogens is 1. The van der Waals surface area contributed by atoms with Gasteiger partial charge >= 0.3 is 0 Å². The van der Waals surface area contributed by atoms with Gasteiger partial charge in [0.1, 0.15) is 0 Å². The van der Waals surface area contributed by atoms with Crippen molar-refractivity contribution in [3.8, 4) is 22.6 Å². The zero-order valence-electron chi connectivity index (χ0n) is 17.0. The van der Waals surface area contributed by atoms with Crippen LogP contribution in [0.1, 0.15) is 23.0 Å². The molecule has 156 valence electrons. The van der Waals surface area contributed by atoms with E-state index in [-0.39, 0.29) is 23.9 Å². The molecular weight excluding hydrogens is 404 g/mol. The smallest absolute Gasteiger partial charge is 0.270 e. The van der Waals surface area contributed by atoms with E-state index in [0.717, 1.165) is 5.56 Å². The molecule has 30 heavy (non-hydrogen) atoms. The minimum atomic E-state index is -0.455. The molecule has 3 rings (SSSR count). The molecule has 8 heteroatoms. The lowest BCUT2D eigenvalue weighted by molar-refractivity contribution is -0.384. The maximum Gasteiger partial charge on any atom is 0.270 e. The van der Waals surface area contributed by atoms with E-state index in [1.165, 1.54) is 19.1 Å². The van der Waals surface area contributed by atoms with Gasteiger partial charge in [-0.25, -0.2) is 9.97 Å². The van der Waals surface area contributed by atoms with Crippen molar-refractivity contribution in [2.45, 2.75) is 13.3 Å². The molecule has 0 aliphatic carbocycles. The Morgan fingerprint density at radius 2 is 1.70 bits per heavy atom. The number of carbonyl (C=O) groups is 1. The van der Waals surface area contributed by atoms with Crippen LogP contribution in [0.4, 0.5) is 5.69 Å². The van der Waals surface area contributed by atoms with Crippen LogP contribution in [-0.4, -0.2) is 46.2 Å². The summed E-state index contributed by atoms with van der Waals surface area (Å²) in [5.41, 5.74) is 2.76. The molecule has 3 aromatic rings. The number of nitro benzene ring substituents is 1. The Balaban J connectivity index is 0.00000320. The van der Waals surface area contributed by atoms with Gasteiger partial charge in [0.15, 0.2) is 11.6 Å². The lowest BCUT2D eigenvalue weighted by atomic mass is 9.99. The summed E-state index contributed by atoms with van der Waals surface area (Å²) in [6.45, 7) is 2.18. The third-order valence-corrected chi connectivity index (χ3v) is 4.49. The van der Waals surface area contributed by atoms with Gasteiger partial charge in [0.2, 0.25) is 0 Å². The normalized spacial score (nSPS) is 10.5. The van der Waals surface area contributed by atoms with E-state index in [9.17, 15) is 14.9 Å². The molecule has 0 radical (unpaired) electrons. The molecule has 0 N–H and O–H groups in total. The molecule has 0 spiro atoms. The minimum absolute atomic E-state index is 0. The Hall–Kier alpha value is -3.16. The molecule has 0 aliphatic rings. The average Bonchev–Trinajstić information content (AvgIpc) is 2.72. The van der Waals surface area contributed by atoms with Crippen LogP contribution >= 0.6 is 12.4 Å². The Bertz CT molecular complexity index is 1060. The summed E-state index contributed by atoms with van der Waals surface area (Å²) in [4.78, 5) is 34.7. The number of hydrogen-bond acceptors (Lipinski definition) is 6. The monoisotopic (exact) mass is 426 g/mol. The van der Waals surface area contributed by atoms with Crippen molar-refractivity contribution >= 4 is 23.9 Å². The number of nitrogens with zero attached hydrogens (tertiary/aromatic N) is 4. The number of ketones is 1. The van der Waals surface area contributed by atoms with Crippen molar-refractivity contribution in [2.24, 2.45) is 0 Å². The first-order chi connectivity index (χ1) is 13.9. The highest BCUT2D eigenvalue weighted by Crippen LogP contribution is 2.30. The molecule has 0 fully saturated rings. The SMILES string of the molecule is CC(=O)c1c(CCN(C)C)nc(-c2ccccc2)nc1-c1cccc([N+](=O)[O-])c1.Cl. The highest BCUT2D eigenvalue weighted by molar-refractivity contribution is 6.01. The van der Waals surface area contributed by atoms with Crippen LogP contribution < -0.4 is 0 Å². The fraction of sp³-hybridized carbons (Fsp3) is 0.227. The van der Waals surface area contributed by atoms with Crippen molar-refractivity contribution in [1.82, 2.24) is 14.9 Å². The van der Waals surface area contributed by atoms with E-state index < -0.39 is 4.92 Å². The van der Waals surface area contributed by atoms with Gasteiger partial charge in [0.05, 0.1) is 21.9 Å². The average molecular weight is 427 g/mol. The first-order valence-electron chi connectivity index (χ1n) is 9.23. The van der Waals surface area contributed by atoms with Crippen LogP contribution in [0.25, 0.3) is 22.6 Å². The molecule has 0 amide bonds. The topological polar surface area (TPSA) is 89.2 Å². The molecule has 2 aromatic carbocycles. The summed E-state index contributed by atoms with van der Waals surface area (Å²) in [7, 11) is 3.91. The van der Waals surface area contributed by atoms with Gasteiger partial charge in [0, 0.05) is 36.2 Å². The first-order valence-corrected chi connectivity index (χ1v) is 9.23.